The van der Waals surface area contributed by atoms with Crippen LogP contribution in [0.3, 0.4) is 0 Å². The Kier molecular flexibility index (Phi) is 9.48. The van der Waals surface area contributed by atoms with E-state index < -0.39 is 52.5 Å². The van der Waals surface area contributed by atoms with Crippen molar-refractivity contribution in [2.45, 2.75) is 72.1 Å². The Morgan fingerprint density at radius 2 is 1.73 bits per heavy atom. The lowest BCUT2D eigenvalue weighted by Gasteiger charge is -2.39. The monoisotopic (exact) mass is 587 g/mol. The van der Waals surface area contributed by atoms with Crippen LogP contribution in [-0.2, 0) is 16.1 Å². The summed E-state index contributed by atoms with van der Waals surface area (Å²) in [6, 6.07) is 8.21. The first-order valence-corrected chi connectivity index (χ1v) is 13.5. The van der Waals surface area contributed by atoms with E-state index in [1.807, 2.05) is 0 Å². The topological polar surface area (TPSA) is 138 Å². The Bertz CT molecular complexity index is 1450. The zero-order valence-electron chi connectivity index (χ0n) is 23.8. The number of carbonyl (C=O) groups excluding carboxylic acids is 2. The highest BCUT2D eigenvalue weighted by atomic mass is 35.5. The van der Waals surface area contributed by atoms with Gasteiger partial charge in [0.1, 0.15) is 34.3 Å². The number of fused-ring (bicyclic) bond motifs is 1. The van der Waals surface area contributed by atoms with Gasteiger partial charge >= 0.3 is 12.1 Å². The number of ether oxygens (including phenoxy) is 1. The number of halogens is 2. The van der Waals surface area contributed by atoms with Gasteiger partial charge in [-0.15, -0.1) is 0 Å². The molecule has 0 bridgehead atoms. The number of nitrogens with zero attached hydrogens (tertiary/aromatic N) is 1. The zero-order valence-corrected chi connectivity index (χ0v) is 24.6. The fourth-order valence-electron chi connectivity index (χ4n) is 4.90. The molecule has 0 saturated carbocycles. The number of alkyl carbamates (subject to hydrolysis) is 1. The Hall–Kier alpha value is -3.92. The standard InChI is InChI=1S/C30H35ClFN3O6/c1-7-21(30(5,6)25(27(38)39)35-28(40)41-29(2,3)4)17-12-19-23(22(32)13-17)33-15-20(24(19)36)26(37)34-14-16-8-10-18(31)11-9-16/h8-13,15,21,25H,7,14H2,1-6H3,(H,33,36)(H,34,37)(H,35,40)(H,38,39). The van der Waals surface area contributed by atoms with Crippen molar-refractivity contribution in [2.75, 3.05) is 0 Å². The summed E-state index contributed by atoms with van der Waals surface area (Å²) < 4.78 is 20.6. The number of nitrogens with one attached hydrogen (secondary N) is 2. The minimum atomic E-state index is -1.39. The van der Waals surface area contributed by atoms with Crippen LogP contribution >= 0.6 is 11.6 Å². The van der Waals surface area contributed by atoms with Gasteiger partial charge in [0.15, 0.2) is 0 Å². The molecule has 0 saturated heterocycles. The molecule has 2 unspecified atom stereocenters. The van der Waals surface area contributed by atoms with E-state index in [0.29, 0.717) is 17.0 Å². The van der Waals surface area contributed by atoms with Crippen LogP contribution in [0.1, 0.15) is 75.4 Å². The molecule has 2 atom stereocenters. The normalized spacial score (nSPS) is 13.4. The molecule has 41 heavy (non-hydrogen) atoms. The summed E-state index contributed by atoms with van der Waals surface area (Å²) in [6.07, 6.45) is 0.575. The summed E-state index contributed by atoms with van der Waals surface area (Å²) in [5, 5.41) is 26.7. The number of carbonyl (C=O) groups is 3. The summed E-state index contributed by atoms with van der Waals surface area (Å²) in [7, 11) is 0. The first kappa shape index (κ1) is 31.6. The van der Waals surface area contributed by atoms with E-state index in [2.05, 4.69) is 15.6 Å². The van der Waals surface area contributed by atoms with Crippen molar-refractivity contribution in [1.82, 2.24) is 15.6 Å². The van der Waals surface area contributed by atoms with Crippen LogP contribution in [0.25, 0.3) is 10.9 Å². The quantitative estimate of drug-likeness (QED) is 0.235. The predicted molar refractivity (Wildman–Crippen MR) is 154 cm³/mol. The number of benzene rings is 2. The molecule has 1 aromatic heterocycles. The molecular formula is C30H35ClFN3O6. The Morgan fingerprint density at radius 3 is 2.29 bits per heavy atom. The second-order valence-corrected chi connectivity index (χ2v) is 11.9. The minimum Gasteiger partial charge on any atom is -0.506 e. The van der Waals surface area contributed by atoms with E-state index in [1.165, 1.54) is 12.1 Å². The van der Waals surface area contributed by atoms with Crippen molar-refractivity contribution in [1.29, 1.82) is 0 Å². The molecule has 0 spiro atoms. The van der Waals surface area contributed by atoms with Gasteiger partial charge in [-0.05, 0) is 68.5 Å². The van der Waals surface area contributed by atoms with E-state index in [9.17, 15) is 24.6 Å². The van der Waals surface area contributed by atoms with Crippen LogP contribution in [0, 0.1) is 11.2 Å². The maximum atomic E-state index is 15.3. The molecule has 1 heterocycles. The zero-order chi connectivity index (χ0) is 30.7. The van der Waals surface area contributed by atoms with Gasteiger partial charge in [-0.1, -0.05) is 44.5 Å². The van der Waals surface area contributed by atoms with Crippen LogP contribution < -0.4 is 10.6 Å². The van der Waals surface area contributed by atoms with Crippen LogP contribution in [0.4, 0.5) is 9.18 Å². The van der Waals surface area contributed by atoms with Crippen molar-refractivity contribution in [3.05, 3.63) is 70.1 Å². The van der Waals surface area contributed by atoms with E-state index in [1.54, 1.807) is 65.8 Å². The molecule has 11 heteroatoms. The first-order valence-electron chi connectivity index (χ1n) is 13.1. The fraction of sp³-hybridized carbons (Fsp3) is 0.400. The number of aromatic nitrogens is 1. The third-order valence-corrected chi connectivity index (χ3v) is 7.14. The molecule has 9 nitrogen and oxygen atoms in total. The van der Waals surface area contributed by atoms with Gasteiger partial charge in [0, 0.05) is 28.6 Å². The van der Waals surface area contributed by atoms with E-state index >= 15 is 4.39 Å². The lowest BCUT2D eigenvalue weighted by atomic mass is 9.68. The lowest BCUT2D eigenvalue weighted by molar-refractivity contribution is -0.143. The van der Waals surface area contributed by atoms with Crippen LogP contribution in [0.5, 0.6) is 5.75 Å². The summed E-state index contributed by atoms with van der Waals surface area (Å²) in [4.78, 5) is 41.7. The van der Waals surface area contributed by atoms with Gasteiger partial charge in [-0.2, -0.15) is 0 Å². The molecule has 0 aliphatic carbocycles. The van der Waals surface area contributed by atoms with Gasteiger partial charge in [0.05, 0.1) is 0 Å². The van der Waals surface area contributed by atoms with Crippen molar-refractivity contribution < 1.29 is 33.7 Å². The number of aliphatic carboxylic acids is 1. The van der Waals surface area contributed by atoms with Gasteiger partial charge in [-0.25, -0.2) is 14.0 Å². The highest BCUT2D eigenvalue weighted by molar-refractivity contribution is 6.30. The van der Waals surface area contributed by atoms with E-state index in [0.717, 1.165) is 11.8 Å². The smallest absolute Gasteiger partial charge is 0.408 e. The van der Waals surface area contributed by atoms with Gasteiger partial charge in [-0.3, -0.25) is 9.78 Å². The summed E-state index contributed by atoms with van der Waals surface area (Å²) in [5.41, 5.74) is -1.12. The van der Waals surface area contributed by atoms with Gasteiger partial charge in [0.25, 0.3) is 5.91 Å². The van der Waals surface area contributed by atoms with Crippen molar-refractivity contribution >= 4 is 40.5 Å². The molecule has 220 valence electrons. The SMILES string of the molecule is CCC(c1cc(F)c2ncc(C(=O)NCc3ccc(Cl)cc3)c(O)c2c1)C(C)(C)C(NC(=O)OC(C)(C)C)C(=O)O. The number of hydrogen-bond donors (Lipinski definition) is 4. The Morgan fingerprint density at radius 1 is 1.10 bits per heavy atom. The lowest BCUT2D eigenvalue weighted by Crippen LogP contribution is -2.53. The molecular weight excluding hydrogens is 553 g/mol. The average Bonchev–Trinajstić information content (AvgIpc) is 2.86. The Labute approximate surface area is 243 Å². The maximum absolute atomic E-state index is 15.3. The number of hydrogen-bond acceptors (Lipinski definition) is 6. The van der Waals surface area contributed by atoms with Gasteiger partial charge in [0.2, 0.25) is 0 Å². The molecule has 2 aromatic carbocycles. The van der Waals surface area contributed by atoms with E-state index in [4.69, 9.17) is 16.3 Å². The first-order chi connectivity index (χ1) is 19.0. The van der Waals surface area contributed by atoms with Crippen molar-refractivity contribution in [3.63, 3.8) is 0 Å². The largest absolute Gasteiger partial charge is 0.506 e. The molecule has 3 aromatic rings. The van der Waals surface area contributed by atoms with Crippen molar-refractivity contribution in [2.24, 2.45) is 5.41 Å². The summed E-state index contributed by atoms with van der Waals surface area (Å²) >= 11 is 5.90. The molecule has 0 aliphatic heterocycles. The average molecular weight is 588 g/mol. The molecule has 0 aliphatic rings. The Balaban J connectivity index is 1.97. The maximum Gasteiger partial charge on any atom is 0.408 e. The molecule has 0 radical (unpaired) electrons. The van der Waals surface area contributed by atoms with Crippen LogP contribution in [0.2, 0.25) is 5.02 Å². The number of amides is 2. The number of carboxylic acids is 1. The van der Waals surface area contributed by atoms with Crippen LogP contribution in [-0.4, -0.2) is 44.8 Å². The number of carboxylic acid groups (broad SMARTS) is 1. The molecule has 0 fully saturated rings. The second kappa shape index (κ2) is 12.3. The highest BCUT2D eigenvalue weighted by Gasteiger charge is 2.43. The summed E-state index contributed by atoms with van der Waals surface area (Å²) in [5.74, 6) is -3.71. The summed E-state index contributed by atoms with van der Waals surface area (Å²) in [6.45, 7) is 10.2. The minimum absolute atomic E-state index is 0.000342. The fourth-order valence-corrected chi connectivity index (χ4v) is 5.02. The second-order valence-electron chi connectivity index (χ2n) is 11.4. The third kappa shape index (κ3) is 7.43. The number of aromatic hydroxyl groups is 1. The predicted octanol–water partition coefficient (Wildman–Crippen LogP) is 6.16. The highest BCUT2D eigenvalue weighted by Crippen LogP contribution is 2.43. The van der Waals surface area contributed by atoms with E-state index in [-0.39, 0.29) is 23.0 Å². The number of rotatable bonds is 9. The molecule has 4 N–H and O–H groups in total. The molecule has 3 rings (SSSR count). The molecule has 2 amide bonds. The van der Waals surface area contributed by atoms with Gasteiger partial charge < -0.3 is 25.6 Å². The van der Waals surface area contributed by atoms with Crippen molar-refractivity contribution in [3.8, 4) is 5.75 Å². The van der Waals surface area contributed by atoms with Crippen LogP contribution in [0.15, 0.2) is 42.6 Å². The number of pyridine rings is 1. The third-order valence-electron chi connectivity index (χ3n) is 6.89.